The predicted molar refractivity (Wildman–Crippen MR) is 152 cm³/mol. The maximum absolute atomic E-state index is 15.1. The summed E-state index contributed by atoms with van der Waals surface area (Å²) in [6.45, 7) is 5.01. The van der Waals surface area contributed by atoms with Crippen molar-refractivity contribution in [1.29, 1.82) is 0 Å². The van der Waals surface area contributed by atoms with Gasteiger partial charge in [0.2, 0.25) is 0 Å². The molecule has 1 unspecified atom stereocenters. The van der Waals surface area contributed by atoms with Crippen LogP contribution in [-0.2, 0) is 0 Å². The molecule has 4 rings (SSSR count). The van der Waals surface area contributed by atoms with Crippen LogP contribution >= 0.6 is 11.6 Å². The Hall–Kier alpha value is -1.02. The van der Waals surface area contributed by atoms with Crippen molar-refractivity contribution in [1.82, 2.24) is 0 Å². The second kappa shape index (κ2) is 14.2. The molecule has 3 aliphatic rings. The molecule has 0 radical (unpaired) electrons. The average molecular weight is 517 g/mol. The lowest BCUT2D eigenvalue weighted by molar-refractivity contribution is 0.120. The zero-order valence-corrected chi connectivity index (χ0v) is 23.8. The second-order valence-corrected chi connectivity index (χ2v) is 12.5. The quantitative estimate of drug-likeness (QED) is 0.266. The molecule has 1 atom stereocenters. The van der Waals surface area contributed by atoms with Crippen molar-refractivity contribution in [2.24, 2.45) is 29.6 Å². The Labute approximate surface area is 225 Å². The molecule has 202 valence electrons. The number of hydrogen-bond donors (Lipinski definition) is 0. The number of halogens is 2. The van der Waals surface area contributed by atoms with Crippen LogP contribution in [0.25, 0.3) is 5.57 Å². The molecule has 0 heterocycles. The summed E-state index contributed by atoms with van der Waals surface area (Å²) >= 11 is 6.33. The number of unbranched alkanes of at least 4 members (excludes halogenated alkanes) is 3. The van der Waals surface area contributed by atoms with Crippen molar-refractivity contribution >= 4 is 17.2 Å². The highest BCUT2D eigenvalue weighted by molar-refractivity contribution is 6.32. The van der Waals surface area contributed by atoms with Crippen molar-refractivity contribution in [2.45, 2.75) is 123 Å². The van der Waals surface area contributed by atoms with Crippen molar-refractivity contribution in [2.75, 3.05) is 6.61 Å². The largest absolute Gasteiger partial charge is 0.492 e. The van der Waals surface area contributed by atoms with E-state index >= 15 is 4.39 Å². The highest BCUT2D eigenvalue weighted by Crippen LogP contribution is 2.46. The highest BCUT2D eigenvalue weighted by atomic mass is 35.5. The standard InChI is InChI=1S/C33H50ClFO/c1-3-5-7-8-24-9-11-25(12-10-24)26-13-15-27(16-14-26)28-17-19-29(20-18-28)30-21-22-31(32(34)33(30)35)36-23-6-4-2/h19,21-22,24-28H,3-18,20,23H2,1-2H3. The first-order valence-electron chi connectivity index (χ1n) is 15.4. The molecule has 0 N–H and O–H groups in total. The zero-order chi connectivity index (χ0) is 25.3. The molecule has 0 aromatic heterocycles. The Bertz CT molecular complexity index is 832. The van der Waals surface area contributed by atoms with Crippen LogP contribution in [0.4, 0.5) is 4.39 Å². The monoisotopic (exact) mass is 516 g/mol. The van der Waals surface area contributed by atoms with Gasteiger partial charge in [-0.25, -0.2) is 4.39 Å². The van der Waals surface area contributed by atoms with Gasteiger partial charge in [0.25, 0.3) is 0 Å². The Balaban J connectivity index is 1.23. The van der Waals surface area contributed by atoms with Gasteiger partial charge < -0.3 is 4.74 Å². The summed E-state index contributed by atoms with van der Waals surface area (Å²) < 4.78 is 20.8. The molecule has 0 amide bonds. The summed E-state index contributed by atoms with van der Waals surface area (Å²) in [7, 11) is 0. The van der Waals surface area contributed by atoms with Gasteiger partial charge in [0.05, 0.1) is 6.61 Å². The molecule has 0 spiro atoms. The predicted octanol–water partition coefficient (Wildman–Crippen LogP) is 11.0. The number of benzene rings is 1. The summed E-state index contributed by atoms with van der Waals surface area (Å²) in [6.07, 6.45) is 25.0. The fraction of sp³-hybridized carbons (Fsp3) is 0.758. The van der Waals surface area contributed by atoms with Crippen LogP contribution in [-0.4, -0.2) is 6.61 Å². The summed E-state index contributed by atoms with van der Waals surface area (Å²) in [5, 5.41) is 0.139. The number of hydrogen-bond acceptors (Lipinski definition) is 1. The van der Waals surface area contributed by atoms with Crippen molar-refractivity contribution in [3.8, 4) is 5.75 Å². The molecule has 36 heavy (non-hydrogen) atoms. The highest BCUT2D eigenvalue weighted by Gasteiger charge is 2.34. The Morgan fingerprint density at radius 3 is 2.06 bits per heavy atom. The maximum Gasteiger partial charge on any atom is 0.153 e. The van der Waals surface area contributed by atoms with Crippen LogP contribution in [0.5, 0.6) is 5.75 Å². The average Bonchev–Trinajstić information content (AvgIpc) is 2.92. The molecular formula is C33H50ClFO. The topological polar surface area (TPSA) is 9.23 Å². The molecule has 1 aromatic rings. The molecule has 0 bridgehead atoms. The van der Waals surface area contributed by atoms with E-state index in [-0.39, 0.29) is 10.8 Å². The Morgan fingerprint density at radius 1 is 0.806 bits per heavy atom. The van der Waals surface area contributed by atoms with Crippen molar-refractivity contribution in [3.63, 3.8) is 0 Å². The van der Waals surface area contributed by atoms with E-state index in [1.807, 2.05) is 12.1 Å². The number of ether oxygens (including phenoxy) is 1. The summed E-state index contributed by atoms with van der Waals surface area (Å²) in [6, 6.07) is 3.72. The number of allylic oxidation sites excluding steroid dienone is 2. The van der Waals surface area contributed by atoms with E-state index in [2.05, 4.69) is 19.9 Å². The van der Waals surface area contributed by atoms with Gasteiger partial charge in [0, 0.05) is 5.56 Å². The lowest BCUT2D eigenvalue weighted by atomic mass is 9.65. The first kappa shape index (κ1) is 28.0. The zero-order valence-electron chi connectivity index (χ0n) is 23.0. The summed E-state index contributed by atoms with van der Waals surface area (Å²) in [5.41, 5.74) is 1.81. The van der Waals surface area contributed by atoms with E-state index in [4.69, 9.17) is 16.3 Å². The van der Waals surface area contributed by atoms with Gasteiger partial charge in [-0.3, -0.25) is 0 Å². The van der Waals surface area contributed by atoms with Gasteiger partial charge in [0.1, 0.15) is 10.8 Å². The molecule has 1 nitrogen and oxygen atoms in total. The van der Waals surface area contributed by atoms with Crippen LogP contribution in [0.3, 0.4) is 0 Å². The van der Waals surface area contributed by atoms with Crippen LogP contribution in [0.2, 0.25) is 5.02 Å². The van der Waals surface area contributed by atoms with Crippen LogP contribution in [0.1, 0.15) is 129 Å². The molecular weight excluding hydrogens is 467 g/mol. The minimum absolute atomic E-state index is 0.139. The van der Waals surface area contributed by atoms with E-state index in [0.717, 1.165) is 60.8 Å². The third-order valence-electron chi connectivity index (χ3n) is 9.86. The van der Waals surface area contributed by atoms with Gasteiger partial charge in [-0.05, 0) is 112 Å². The molecule has 3 heteroatoms. The SMILES string of the molecule is CCCCCC1CCC(C2CCC(C3CC=C(c4ccc(OCCCC)c(Cl)c4F)CC3)CC2)CC1. The smallest absolute Gasteiger partial charge is 0.153 e. The third kappa shape index (κ3) is 7.30. The Kier molecular flexibility index (Phi) is 11.1. The summed E-state index contributed by atoms with van der Waals surface area (Å²) in [4.78, 5) is 0. The van der Waals surface area contributed by atoms with Crippen molar-refractivity contribution in [3.05, 3.63) is 34.6 Å². The van der Waals surface area contributed by atoms with E-state index in [9.17, 15) is 0 Å². The van der Waals surface area contributed by atoms with E-state index in [0.29, 0.717) is 17.9 Å². The first-order valence-corrected chi connectivity index (χ1v) is 15.8. The van der Waals surface area contributed by atoms with E-state index in [1.165, 1.54) is 83.5 Å². The lowest BCUT2D eigenvalue weighted by Gasteiger charge is -2.40. The fourth-order valence-electron chi connectivity index (χ4n) is 7.46. The first-order chi connectivity index (χ1) is 17.6. The van der Waals surface area contributed by atoms with Crippen LogP contribution in [0.15, 0.2) is 18.2 Å². The van der Waals surface area contributed by atoms with Crippen LogP contribution in [0, 0.1) is 35.4 Å². The van der Waals surface area contributed by atoms with E-state index < -0.39 is 0 Å². The number of rotatable bonds is 11. The molecule has 0 aliphatic heterocycles. The molecule has 2 saturated carbocycles. The molecule has 3 aliphatic carbocycles. The summed E-state index contributed by atoms with van der Waals surface area (Å²) in [5.74, 6) is 4.83. The minimum Gasteiger partial charge on any atom is -0.492 e. The Morgan fingerprint density at radius 2 is 1.44 bits per heavy atom. The van der Waals surface area contributed by atoms with Gasteiger partial charge in [-0.2, -0.15) is 0 Å². The lowest BCUT2D eigenvalue weighted by Crippen LogP contribution is -2.28. The molecule has 2 fully saturated rings. The van der Waals surface area contributed by atoms with Gasteiger partial charge >= 0.3 is 0 Å². The molecule has 0 saturated heterocycles. The van der Waals surface area contributed by atoms with E-state index in [1.54, 1.807) is 0 Å². The van der Waals surface area contributed by atoms with Crippen LogP contribution < -0.4 is 4.74 Å². The maximum atomic E-state index is 15.1. The third-order valence-corrected chi connectivity index (χ3v) is 10.2. The fourth-order valence-corrected chi connectivity index (χ4v) is 7.68. The van der Waals surface area contributed by atoms with Gasteiger partial charge in [-0.1, -0.05) is 76.5 Å². The van der Waals surface area contributed by atoms with Crippen molar-refractivity contribution < 1.29 is 9.13 Å². The van der Waals surface area contributed by atoms with Gasteiger partial charge in [0.15, 0.2) is 5.82 Å². The minimum atomic E-state index is -0.309. The van der Waals surface area contributed by atoms with Gasteiger partial charge in [-0.15, -0.1) is 0 Å². The normalized spacial score (nSPS) is 29.1. The second-order valence-electron chi connectivity index (χ2n) is 12.2. The molecule has 1 aromatic carbocycles.